The minimum absolute atomic E-state index is 0.212. The van der Waals surface area contributed by atoms with Crippen molar-refractivity contribution in [3.05, 3.63) is 35.4 Å². The average Bonchev–Trinajstić information content (AvgIpc) is 2.44. The zero-order valence-electron chi connectivity index (χ0n) is 12.0. The minimum atomic E-state index is -4.32. The van der Waals surface area contributed by atoms with E-state index in [1.165, 1.54) is 12.1 Å². The van der Waals surface area contributed by atoms with Crippen LogP contribution in [0.3, 0.4) is 0 Å². The van der Waals surface area contributed by atoms with Gasteiger partial charge in [-0.15, -0.1) is 0 Å². The number of guanidine groups is 1. The van der Waals surface area contributed by atoms with Crippen LogP contribution in [0.25, 0.3) is 0 Å². The number of rotatable bonds is 3. The van der Waals surface area contributed by atoms with Crippen molar-refractivity contribution in [1.82, 2.24) is 4.90 Å². The highest BCUT2D eigenvalue weighted by atomic mass is 19.4. The summed E-state index contributed by atoms with van der Waals surface area (Å²) in [6.45, 7) is 5.68. The predicted octanol–water partition coefficient (Wildman–Crippen LogP) is 2.71. The predicted molar refractivity (Wildman–Crippen MR) is 77.7 cm³/mol. The monoisotopic (exact) mass is 297 g/mol. The first-order valence-electron chi connectivity index (χ1n) is 6.59. The van der Waals surface area contributed by atoms with Crippen LogP contribution in [0.15, 0.2) is 29.3 Å². The van der Waals surface area contributed by atoms with Crippen LogP contribution in [0.5, 0.6) is 0 Å². The standard InChI is InChI=1S/C15H18F3N3/c1-3-21(4-2)14(19)20-11-5-6-12-7-9-13(10-8-12)15(16,17)18/h7-10H,3-4,11H2,1-2H3,(H2,19,20). The van der Waals surface area contributed by atoms with E-state index in [0.717, 1.165) is 25.2 Å². The molecule has 6 heteroatoms. The molecule has 1 aromatic rings. The summed E-state index contributed by atoms with van der Waals surface area (Å²) in [7, 11) is 0. The van der Waals surface area contributed by atoms with Gasteiger partial charge in [0.05, 0.1) is 5.56 Å². The summed E-state index contributed by atoms with van der Waals surface area (Å²) < 4.78 is 37.2. The fourth-order valence-electron chi connectivity index (χ4n) is 1.65. The van der Waals surface area contributed by atoms with Gasteiger partial charge in [0.25, 0.3) is 0 Å². The van der Waals surface area contributed by atoms with Crippen LogP contribution in [-0.4, -0.2) is 30.5 Å². The molecule has 2 N–H and O–H groups in total. The van der Waals surface area contributed by atoms with Crippen LogP contribution >= 0.6 is 0 Å². The maximum atomic E-state index is 12.4. The molecule has 0 aliphatic carbocycles. The lowest BCUT2D eigenvalue weighted by Gasteiger charge is -2.18. The molecule has 1 aromatic carbocycles. The van der Waals surface area contributed by atoms with Gasteiger partial charge in [0.1, 0.15) is 6.54 Å². The van der Waals surface area contributed by atoms with Gasteiger partial charge < -0.3 is 10.6 Å². The zero-order valence-corrected chi connectivity index (χ0v) is 12.0. The molecule has 1 rings (SSSR count). The molecule has 114 valence electrons. The number of benzene rings is 1. The summed E-state index contributed by atoms with van der Waals surface area (Å²) in [6.07, 6.45) is -4.32. The van der Waals surface area contributed by atoms with Gasteiger partial charge in [-0.1, -0.05) is 11.8 Å². The maximum absolute atomic E-state index is 12.4. The Kier molecular flexibility index (Phi) is 6.10. The Morgan fingerprint density at radius 1 is 1.19 bits per heavy atom. The van der Waals surface area contributed by atoms with Gasteiger partial charge in [-0.25, -0.2) is 4.99 Å². The number of alkyl halides is 3. The molecule has 0 spiro atoms. The minimum Gasteiger partial charge on any atom is -0.370 e. The molecule has 3 nitrogen and oxygen atoms in total. The van der Waals surface area contributed by atoms with E-state index in [2.05, 4.69) is 16.8 Å². The SMILES string of the molecule is CCN(CC)C(N)=NCC#Cc1ccc(C(F)(F)F)cc1. The van der Waals surface area contributed by atoms with E-state index in [1.807, 2.05) is 18.7 Å². The summed E-state index contributed by atoms with van der Waals surface area (Å²) in [4.78, 5) is 5.99. The van der Waals surface area contributed by atoms with Crippen molar-refractivity contribution < 1.29 is 13.2 Å². The first kappa shape index (κ1) is 16.9. The molecule has 0 aliphatic heterocycles. The normalized spacial score (nSPS) is 11.8. The smallest absolute Gasteiger partial charge is 0.370 e. The van der Waals surface area contributed by atoms with Crippen molar-refractivity contribution in [1.29, 1.82) is 0 Å². The van der Waals surface area contributed by atoms with E-state index in [9.17, 15) is 13.2 Å². The second-order valence-corrected chi connectivity index (χ2v) is 4.22. The summed E-state index contributed by atoms with van der Waals surface area (Å²) in [5, 5.41) is 0. The second-order valence-electron chi connectivity index (χ2n) is 4.22. The molecule has 0 saturated heterocycles. The third-order valence-corrected chi connectivity index (χ3v) is 2.85. The third-order valence-electron chi connectivity index (χ3n) is 2.85. The van der Waals surface area contributed by atoms with E-state index in [1.54, 1.807) is 0 Å². The summed E-state index contributed by atoms with van der Waals surface area (Å²) in [5.74, 6) is 5.94. The summed E-state index contributed by atoms with van der Waals surface area (Å²) in [6, 6.07) is 4.70. The fraction of sp³-hybridized carbons (Fsp3) is 0.400. The lowest BCUT2D eigenvalue weighted by Crippen LogP contribution is -2.37. The van der Waals surface area contributed by atoms with Gasteiger partial charge >= 0.3 is 6.18 Å². The molecule has 0 amide bonds. The van der Waals surface area contributed by atoms with E-state index >= 15 is 0 Å². The first-order valence-corrected chi connectivity index (χ1v) is 6.59. The van der Waals surface area contributed by atoms with Crippen LogP contribution in [-0.2, 0) is 6.18 Å². The number of hydrogen-bond donors (Lipinski definition) is 1. The van der Waals surface area contributed by atoms with Crippen LogP contribution in [0.4, 0.5) is 13.2 Å². The van der Waals surface area contributed by atoms with E-state index < -0.39 is 11.7 Å². The molecular formula is C15H18F3N3. The Morgan fingerprint density at radius 3 is 2.24 bits per heavy atom. The van der Waals surface area contributed by atoms with Crippen molar-refractivity contribution in [2.45, 2.75) is 20.0 Å². The molecule has 0 unspecified atom stereocenters. The highest BCUT2D eigenvalue weighted by Gasteiger charge is 2.29. The van der Waals surface area contributed by atoms with E-state index in [4.69, 9.17) is 5.73 Å². The first-order chi connectivity index (χ1) is 9.88. The van der Waals surface area contributed by atoms with Crippen LogP contribution < -0.4 is 5.73 Å². The number of halogens is 3. The lowest BCUT2D eigenvalue weighted by atomic mass is 10.1. The maximum Gasteiger partial charge on any atom is 0.416 e. The molecule has 0 saturated carbocycles. The van der Waals surface area contributed by atoms with Gasteiger partial charge in [0.2, 0.25) is 0 Å². The summed E-state index contributed by atoms with van der Waals surface area (Å²) >= 11 is 0. The van der Waals surface area contributed by atoms with Crippen LogP contribution in [0.1, 0.15) is 25.0 Å². The van der Waals surface area contributed by atoms with E-state index in [-0.39, 0.29) is 6.54 Å². The molecule has 0 aliphatic rings. The van der Waals surface area contributed by atoms with Gasteiger partial charge in [-0.3, -0.25) is 0 Å². The molecule has 0 bridgehead atoms. The quantitative estimate of drug-likeness (QED) is 0.529. The topological polar surface area (TPSA) is 41.6 Å². The van der Waals surface area contributed by atoms with Gasteiger partial charge in [0.15, 0.2) is 5.96 Å². The number of nitrogens with zero attached hydrogens (tertiary/aromatic N) is 2. The molecule has 0 aromatic heterocycles. The van der Waals surface area contributed by atoms with Gasteiger partial charge in [0, 0.05) is 18.7 Å². The van der Waals surface area contributed by atoms with Crippen molar-refractivity contribution in [2.75, 3.05) is 19.6 Å². The fourth-order valence-corrected chi connectivity index (χ4v) is 1.65. The van der Waals surface area contributed by atoms with Crippen molar-refractivity contribution >= 4 is 5.96 Å². The zero-order chi connectivity index (χ0) is 15.9. The molecule has 0 fully saturated rings. The average molecular weight is 297 g/mol. The number of nitrogens with two attached hydrogens (primary N) is 1. The van der Waals surface area contributed by atoms with Crippen molar-refractivity contribution in [3.63, 3.8) is 0 Å². The second kappa shape index (κ2) is 7.58. The van der Waals surface area contributed by atoms with E-state index in [0.29, 0.717) is 11.5 Å². The molecular weight excluding hydrogens is 279 g/mol. The Hall–Kier alpha value is -2.16. The Balaban J connectivity index is 2.65. The molecule has 0 atom stereocenters. The Bertz CT molecular complexity index is 532. The van der Waals surface area contributed by atoms with Gasteiger partial charge in [-0.05, 0) is 38.1 Å². The number of hydrogen-bond acceptors (Lipinski definition) is 1. The molecule has 0 heterocycles. The lowest BCUT2D eigenvalue weighted by molar-refractivity contribution is -0.137. The third kappa shape index (κ3) is 5.38. The Morgan fingerprint density at radius 2 is 1.76 bits per heavy atom. The largest absolute Gasteiger partial charge is 0.416 e. The van der Waals surface area contributed by atoms with Crippen molar-refractivity contribution in [3.8, 4) is 11.8 Å². The highest BCUT2D eigenvalue weighted by Crippen LogP contribution is 2.28. The Labute approximate surface area is 122 Å². The molecule has 21 heavy (non-hydrogen) atoms. The van der Waals surface area contributed by atoms with Crippen LogP contribution in [0, 0.1) is 11.8 Å². The highest BCUT2D eigenvalue weighted by molar-refractivity contribution is 5.78. The number of aliphatic imine (C=N–C) groups is 1. The van der Waals surface area contributed by atoms with Gasteiger partial charge in [-0.2, -0.15) is 13.2 Å². The van der Waals surface area contributed by atoms with Crippen molar-refractivity contribution in [2.24, 2.45) is 10.7 Å². The summed E-state index contributed by atoms with van der Waals surface area (Å²) in [5.41, 5.74) is 5.60. The molecule has 0 radical (unpaired) electrons. The van der Waals surface area contributed by atoms with Crippen LogP contribution in [0.2, 0.25) is 0 Å².